The fourth-order valence-corrected chi connectivity index (χ4v) is 2.29. The van der Waals surface area contributed by atoms with E-state index in [1.165, 1.54) is 17.9 Å². The average Bonchev–Trinajstić information content (AvgIpc) is 3.07. The molecule has 3 rings (SSSR count). The Bertz CT molecular complexity index is 986. The highest BCUT2D eigenvalue weighted by atomic mass is 16.5. The van der Waals surface area contributed by atoms with Crippen molar-refractivity contribution in [1.29, 1.82) is 5.26 Å². The molecular weight excluding hydrogens is 286 g/mol. The second-order valence-corrected chi connectivity index (χ2v) is 4.59. The zero-order valence-electron chi connectivity index (χ0n) is 11.5. The number of benzene rings is 1. The summed E-state index contributed by atoms with van der Waals surface area (Å²) in [4.78, 5) is 23.5. The molecule has 0 saturated heterocycles. The Morgan fingerprint density at radius 2 is 2.18 bits per heavy atom. The number of nitriles is 1. The summed E-state index contributed by atoms with van der Waals surface area (Å²) in [5, 5.41) is 14.8. The number of esters is 1. The number of carbonyl (C=O) groups is 1. The van der Waals surface area contributed by atoms with E-state index in [-0.39, 0.29) is 22.5 Å². The smallest absolute Gasteiger partial charge is 0.357 e. The lowest BCUT2D eigenvalue weighted by Gasteiger charge is -2.08. The second-order valence-electron chi connectivity index (χ2n) is 4.59. The van der Waals surface area contributed by atoms with Crippen molar-refractivity contribution in [3.8, 4) is 11.8 Å². The lowest BCUT2D eigenvalue weighted by molar-refractivity contribution is 0.0593. The van der Waals surface area contributed by atoms with E-state index in [9.17, 15) is 9.59 Å². The molecule has 8 heteroatoms. The number of fused-ring (bicyclic) bond motifs is 1. The minimum Gasteiger partial charge on any atom is -0.464 e. The van der Waals surface area contributed by atoms with Gasteiger partial charge in [0.15, 0.2) is 5.69 Å². The number of nitrogen functional groups attached to an aromatic ring is 1. The maximum Gasteiger partial charge on any atom is 0.357 e. The van der Waals surface area contributed by atoms with Crippen LogP contribution in [0.25, 0.3) is 16.6 Å². The first-order valence-corrected chi connectivity index (χ1v) is 6.27. The van der Waals surface area contributed by atoms with Crippen LogP contribution in [0, 0.1) is 11.3 Å². The number of aromatic nitrogens is 3. The lowest BCUT2D eigenvalue weighted by Crippen LogP contribution is -2.11. The highest BCUT2D eigenvalue weighted by molar-refractivity contribution is 5.96. The van der Waals surface area contributed by atoms with E-state index in [2.05, 4.69) is 10.2 Å². The zero-order valence-corrected chi connectivity index (χ0v) is 11.5. The molecule has 0 unspecified atom stereocenters. The van der Waals surface area contributed by atoms with Gasteiger partial charge in [0.2, 0.25) is 0 Å². The predicted molar refractivity (Wildman–Crippen MR) is 78.7 cm³/mol. The summed E-state index contributed by atoms with van der Waals surface area (Å²) in [6, 6.07) is 6.86. The SMILES string of the molecule is COC(=O)c1c(N)c(C#N)cn1-c1ccc2c(=O)[nH][nH]c2c1. The first kappa shape index (κ1) is 13.5. The second kappa shape index (κ2) is 4.82. The quantitative estimate of drug-likeness (QED) is 0.605. The standard InChI is InChI=1S/C14H11N5O3/c1-22-14(21)12-11(16)7(5-15)6-19(12)8-2-3-9-10(4-8)17-18-13(9)20/h2-4,6H,16H2,1H3,(H2,17,18,20). The molecule has 110 valence electrons. The van der Waals surface area contributed by atoms with Crippen LogP contribution in [0.5, 0.6) is 0 Å². The van der Waals surface area contributed by atoms with Crippen LogP contribution in [0.15, 0.2) is 29.2 Å². The van der Waals surface area contributed by atoms with Gasteiger partial charge in [-0.2, -0.15) is 5.26 Å². The minimum absolute atomic E-state index is 0.0528. The van der Waals surface area contributed by atoms with E-state index in [0.717, 1.165) is 0 Å². The van der Waals surface area contributed by atoms with Gasteiger partial charge in [-0.15, -0.1) is 0 Å². The first-order chi connectivity index (χ1) is 10.6. The van der Waals surface area contributed by atoms with E-state index in [1.54, 1.807) is 18.2 Å². The van der Waals surface area contributed by atoms with Gasteiger partial charge in [0.1, 0.15) is 6.07 Å². The third-order valence-electron chi connectivity index (χ3n) is 3.38. The number of nitrogens with one attached hydrogen (secondary N) is 2. The number of nitrogens with two attached hydrogens (primary N) is 1. The molecule has 0 fully saturated rings. The number of ether oxygens (including phenoxy) is 1. The Hall–Kier alpha value is -3.47. The molecule has 2 aromatic heterocycles. The number of rotatable bonds is 2. The molecule has 0 saturated carbocycles. The van der Waals surface area contributed by atoms with Crippen LogP contribution in [-0.2, 0) is 4.74 Å². The Balaban J connectivity index is 2.27. The molecule has 1 aromatic carbocycles. The van der Waals surface area contributed by atoms with E-state index in [0.29, 0.717) is 16.6 Å². The Labute approximate surface area is 123 Å². The Morgan fingerprint density at radius 1 is 1.41 bits per heavy atom. The van der Waals surface area contributed by atoms with E-state index in [1.807, 2.05) is 6.07 Å². The highest BCUT2D eigenvalue weighted by Crippen LogP contribution is 2.25. The fraction of sp³-hybridized carbons (Fsp3) is 0.0714. The molecule has 2 heterocycles. The number of carbonyl (C=O) groups excluding carboxylic acids is 1. The molecule has 0 aliphatic rings. The first-order valence-electron chi connectivity index (χ1n) is 6.27. The number of nitrogens with zero attached hydrogens (tertiary/aromatic N) is 2. The van der Waals surface area contributed by atoms with Gasteiger partial charge >= 0.3 is 5.97 Å². The normalized spacial score (nSPS) is 10.5. The van der Waals surface area contributed by atoms with Crippen molar-refractivity contribution in [2.24, 2.45) is 0 Å². The molecule has 0 atom stereocenters. The number of anilines is 1. The van der Waals surface area contributed by atoms with Crippen molar-refractivity contribution in [2.45, 2.75) is 0 Å². The summed E-state index contributed by atoms with van der Waals surface area (Å²) >= 11 is 0. The van der Waals surface area contributed by atoms with E-state index >= 15 is 0 Å². The predicted octanol–water partition coefficient (Wildman–Crippen LogP) is 0.887. The van der Waals surface area contributed by atoms with Gasteiger partial charge in [0.05, 0.1) is 29.3 Å². The number of aromatic amines is 2. The van der Waals surface area contributed by atoms with Crippen molar-refractivity contribution in [2.75, 3.05) is 12.8 Å². The maximum atomic E-state index is 11.9. The van der Waals surface area contributed by atoms with Gasteiger partial charge < -0.3 is 15.0 Å². The zero-order chi connectivity index (χ0) is 15.9. The minimum atomic E-state index is -0.651. The van der Waals surface area contributed by atoms with E-state index in [4.69, 9.17) is 15.7 Å². The van der Waals surface area contributed by atoms with Gasteiger partial charge in [-0.3, -0.25) is 15.0 Å². The molecule has 0 aliphatic heterocycles. The van der Waals surface area contributed by atoms with Crippen LogP contribution in [0.4, 0.5) is 5.69 Å². The molecule has 3 aromatic rings. The van der Waals surface area contributed by atoms with Crippen molar-refractivity contribution in [1.82, 2.24) is 14.8 Å². The molecule has 0 bridgehead atoms. The fourth-order valence-electron chi connectivity index (χ4n) is 2.29. The number of methoxy groups -OCH3 is 1. The number of H-pyrrole nitrogens is 2. The van der Waals surface area contributed by atoms with Crippen molar-refractivity contribution >= 4 is 22.6 Å². The van der Waals surface area contributed by atoms with Gasteiger partial charge in [-0.25, -0.2) is 4.79 Å². The summed E-state index contributed by atoms with van der Waals surface area (Å²) in [5.41, 5.74) is 7.03. The largest absolute Gasteiger partial charge is 0.464 e. The molecule has 0 aliphatic carbocycles. The molecule has 8 nitrogen and oxygen atoms in total. The van der Waals surface area contributed by atoms with E-state index < -0.39 is 5.97 Å². The van der Waals surface area contributed by atoms with Crippen LogP contribution in [0.3, 0.4) is 0 Å². The van der Waals surface area contributed by atoms with Crippen molar-refractivity contribution < 1.29 is 9.53 Å². The third-order valence-corrected chi connectivity index (χ3v) is 3.38. The molecule has 4 N–H and O–H groups in total. The molecule has 0 radical (unpaired) electrons. The summed E-state index contributed by atoms with van der Waals surface area (Å²) < 4.78 is 6.18. The Morgan fingerprint density at radius 3 is 2.86 bits per heavy atom. The summed E-state index contributed by atoms with van der Waals surface area (Å²) in [6.07, 6.45) is 1.45. The summed E-state index contributed by atoms with van der Waals surface area (Å²) in [6.45, 7) is 0. The lowest BCUT2D eigenvalue weighted by atomic mass is 10.2. The van der Waals surface area contributed by atoms with Crippen molar-refractivity contribution in [3.05, 3.63) is 46.0 Å². The summed E-state index contributed by atoms with van der Waals surface area (Å²) in [5.74, 6) is -0.651. The van der Waals surface area contributed by atoms with Crippen LogP contribution in [0.2, 0.25) is 0 Å². The summed E-state index contributed by atoms with van der Waals surface area (Å²) in [7, 11) is 1.23. The van der Waals surface area contributed by atoms with Gasteiger partial charge in [0.25, 0.3) is 5.56 Å². The van der Waals surface area contributed by atoms with Crippen LogP contribution >= 0.6 is 0 Å². The Kier molecular flexibility index (Phi) is 2.96. The molecule has 0 spiro atoms. The highest BCUT2D eigenvalue weighted by Gasteiger charge is 2.21. The van der Waals surface area contributed by atoms with Gasteiger partial charge in [0, 0.05) is 11.9 Å². The third kappa shape index (κ3) is 1.84. The number of hydrogen-bond acceptors (Lipinski definition) is 5. The van der Waals surface area contributed by atoms with Gasteiger partial charge in [-0.1, -0.05) is 0 Å². The monoisotopic (exact) mass is 297 g/mol. The topological polar surface area (TPSA) is 130 Å². The molecule has 22 heavy (non-hydrogen) atoms. The van der Waals surface area contributed by atoms with Crippen LogP contribution < -0.4 is 11.3 Å². The molecular formula is C14H11N5O3. The van der Waals surface area contributed by atoms with Gasteiger partial charge in [-0.05, 0) is 18.2 Å². The van der Waals surface area contributed by atoms with Crippen LogP contribution in [0.1, 0.15) is 16.1 Å². The average molecular weight is 297 g/mol. The van der Waals surface area contributed by atoms with Crippen molar-refractivity contribution in [3.63, 3.8) is 0 Å². The van der Waals surface area contributed by atoms with Crippen LogP contribution in [-0.4, -0.2) is 27.8 Å². The molecule has 0 amide bonds. The maximum absolute atomic E-state index is 11.9. The number of hydrogen-bond donors (Lipinski definition) is 3.